The SMILES string of the molecule is [CH-]=NN(C)[C-]=Nc1ccccc1C(C)=NO.[V+2].[Yb]. The number of aliphatic imine (C=N–C) groups is 1. The van der Waals surface area contributed by atoms with Crippen molar-refractivity contribution in [3.8, 4) is 0 Å². The fraction of sp³-hybridized carbons (Fsp3) is 0.182. The monoisotopic (exact) mass is 441 g/mol. The van der Waals surface area contributed by atoms with Crippen molar-refractivity contribution in [2.75, 3.05) is 7.05 Å². The van der Waals surface area contributed by atoms with Gasteiger partial charge < -0.3 is 27.0 Å². The maximum absolute atomic E-state index is 8.71. The van der Waals surface area contributed by atoms with E-state index in [2.05, 4.69) is 21.6 Å². The van der Waals surface area contributed by atoms with Crippen LogP contribution in [0.3, 0.4) is 0 Å². The second kappa shape index (κ2) is 10.8. The van der Waals surface area contributed by atoms with Crippen molar-refractivity contribution in [3.63, 3.8) is 0 Å². The van der Waals surface area contributed by atoms with Crippen LogP contribution in [0.2, 0.25) is 0 Å². The molecule has 7 heteroatoms. The van der Waals surface area contributed by atoms with E-state index in [9.17, 15) is 0 Å². The summed E-state index contributed by atoms with van der Waals surface area (Å²) in [4.78, 5) is 4.06. The molecule has 1 N–H and O–H groups in total. The van der Waals surface area contributed by atoms with Crippen LogP contribution in [0.25, 0.3) is 0 Å². The molecule has 0 aliphatic carbocycles. The third-order valence-electron chi connectivity index (χ3n) is 1.93. The Kier molecular flexibility index (Phi) is 12.2. The normalized spacial score (nSPS) is 10.4. The van der Waals surface area contributed by atoms with Gasteiger partial charge in [-0.3, -0.25) is 0 Å². The number of hydrogen-bond acceptors (Lipinski definition) is 4. The Morgan fingerprint density at radius 2 is 2.00 bits per heavy atom. The van der Waals surface area contributed by atoms with Crippen LogP contribution in [0.1, 0.15) is 12.5 Å². The van der Waals surface area contributed by atoms with Crippen molar-refractivity contribution in [1.82, 2.24) is 5.01 Å². The molecule has 0 saturated carbocycles. The second-order valence-electron chi connectivity index (χ2n) is 3.05. The summed E-state index contributed by atoms with van der Waals surface area (Å²) < 4.78 is 0. The molecular weight excluding hydrogens is 428 g/mol. The van der Waals surface area contributed by atoms with Crippen molar-refractivity contribution in [1.29, 1.82) is 0 Å². The standard InChI is InChI=1S/C11H12N4O.V.Yb/c1-9(14-16)10-6-4-5-7-11(10)13-8-15(3)12-2;;/h2,4-7,16H,1,3H3;;/q-2;+2;. The fourth-order valence-electron chi connectivity index (χ4n) is 1.08. The molecule has 1 aromatic carbocycles. The van der Waals surface area contributed by atoms with Crippen LogP contribution in [0.4, 0.5) is 5.69 Å². The first-order valence-corrected chi connectivity index (χ1v) is 4.58. The van der Waals surface area contributed by atoms with E-state index in [0.29, 0.717) is 11.4 Å². The van der Waals surface area contributed by atoms with Crippen LogP contribution in [-0.4, -0.2) is 36.0 Å². The van der Waals surface area contributed by atoms with E-state index >= 15 is 0 Å². The summed E-state index contributed by atoms with van der Waals surface area (Å²) in [7, 11) is 1.61. The smallest absolute Gasteiger partial charge is 0.432 e. The first-order valence-electron chi connectivity index (χ1n) is 4.58. The van der Waals surface area contributed by atoms with Crippen molar-refractivity contribution >= 4 is 24.5 Å². The molecule has 0 unspecified atom stereocenters. The summed E-state index contributed by atoms with van der Waals surface area (Å²) in [6.07, 6.45) is 2.60. The van der Waals surface area contributed by atoms with Gasteiger partial charge in [0.15, 0.2) is 0 Å². The first-order chi connectivity index (χ1) is 7.69. The number of benzene rings is 1. The van der Waals surface area contributed by atoms with Crippen molar-refractivity contribution < 1.29 is 70.7 Å². The molecule has 5 nitrogen and oxygen atoms in total. The first kappa shape index (κ1) is 20.3. The number of para-hydroxylation sites is 1. The Hall–Kier alpha value is -0.0661. The van der Waals surface area contributed by atoms with Gasteiger partial charge in [-0.25, -0.2) is 0 Å². The number of rotatable bonds is 4. The van der Waals surface area contributed by atoms with E-state index in [0.717, 1.165) is 5.56 Å². The minimum Gasteiger partial charge on any atom is -0.432 e. The van der Waals surface area contributed by atoms with Crippen molar-refractivity contribution in [2.45, 2.75) is 6.92 Å². The van der Waals surface area contributed by atoms with E-state index in [1.54, 1.807) is 26.1 Å². The molecule has 0 aromatic heterocycles. The molecule has 0 atom stereocenters. The van der Waals surface area contributed by atoms with E-state index in [-0.39, 0.29) is 65.5 Å². The van der Waals surface area contributed by atoms with Crippen LogP contribution in [-0.2, 0) is 18.6 Å². The summed E-state index contributed by atoms with van der Waals surface area (Å²) in [5, 5.41) is 16.4. The molecule has 0 amide bonds. The second-order valence-corrected chi connectivity index (χ2v) is 3.05. The maximum Gasteiger partial charge on any atom is 2.00 e. The molecule has 1 radical (unpaired) electrons. The average molecular weight is 440 g/mol. The number of hydrogen-bond donors (Lipinski definition) is 1. The minimum atomic E-state index is 0. The van der Waals surface area contributed by atoms with E-state index in [1.807, 2.05) is 12.1 Å². The summed E-state index contributed by atoms with van der Waals surface area (Å²) in [6.45, 7) is 6.71. The molecule has 101 valence electrons. The Morgan fingerprint density at radius 1 is 1.39 bits per heavy atom. The van der Waals surface area contributed by atoms with E-state index in [1.165, 1.54) is 5.01 Å². The molecule has 0 heterocycles. The van der Waals surface area contributed by atoms with Crippen LogP contribution in [0.5, 0.6) is 0 Å². The summed E-state index contributed by atoms with van der Waals surface area (Å²) >= 11 is 0. The minimum absolute atomic E-state index is 0. The van der Waals surface area contributed by atoms with Gasteiger partial charge in [-0.15, -0.1) is 6.07 Å². The van der Waals surface area contributed by atoms with E-state index < -0.39 is 0 Å². The zero-order valence-corrected chi connectivity index (χ0v) is 12.9. The molecule has 1 aromatic rings. The number of nitrogens with zero attached hydrogens (tertiary/aromatic N) is 4. The van der Waals surface area contributed by atoms with Gasteiger partial charge in [0.05, 0.1) is 5.71 Å². The Labute approximate surface area is 157 Å². The molecule has 18 heavy (non-hydrogen) atoms. The fourth-order valence-corrected chi connectivity index (χ4v) is 1.08. The van der Waals surface area contributed by atoms with Crippen molar-refractivity contribution in [3.05, 3.63) is 29.8 Å². The topological polar surface area (TPSA) is 60.5 Å². The Morgan fingerprint density at radius 3 is 2.56 bits per heavy atom. The van der Waals surface area contributed by atoms with Gasteiger partial charge in [0.25, 0.3) is 0 Å². The van der Waals surface area contributed by atoms with Crippen LogP contribution < -0.4 is 0 Å². The molecular formula is C11H12N4OVYb. The van der Waals surface area contributed by atoms with Gasteiger partial charge in [0.1, 0.15) is 0 Å². The van der Waals surface area contributed by atoms with Crippen LogP contribution in [0.15, 0.2) is 39.5 Å². The predicted octanol–water partition coefficient (Wildman–Crippen LogP) is 1.84. The average Bonchev–Trinajstić information content (AvgIpc) is 2.35. The molecule has 0 aliphatic heterocycles. The summed E-state index contributed by atoms with van der Waals surface area (Å²) in [5.41, 5.74) is 1.84. The maximum atomic E-state index is 8.71. The van der Waals surface area contributed by atoms with Gasteiger partial charge >= 0.3 is 18.6 Å². The number of hydrazone groups is 1. The van der Waals surface area contributed by atoms with Gasteiger partial charge in [-0.2, -0.15) is 0 Å². The van der Waals surface area contributed by atoms with Gasteiger partial charge in [0.2, 0.25) is 0 Å². The Balaban J connectivity index is 0. The van der Waals surface area contributed by atoms with Crippen molar-refractivity contribution in [2.24, 2.45) is 15.2 Å². The molecule has 1 rings (SSSR count). The zero-order chi connectivity index (χ0) is 12.0. The predicted molar refractivity (Wildman–Crippen MR) is 63.8 cm³/mol. The van der Waals surface area contributed by atoms with Crippen LogP contribution in [0, 0.1) is 46.9 Å². The summed E-state index contributed by atoms with van der Waals surface area (Å²) in [6, 6.07) is 7.24. The third-order valence-corrected chi connectivity index (χ3v) is 1.93. The van der Waals surface area contributed by atoms with Crippen LogP contribution >= 0.6 is 0 Å². The molecule has 0 spiro atoms. The van der Waals surface area contributed by atoms with Gasteiger partial charge in [-0.05, 0) is 6.92 Å². The molecule has 0 bridgehead atoms. The number of oxime groups is 1. The van der Waals surface area contributed by atoms with E-state index in [4.69, 9.17) is 11.9 Å². The van der Waals surface area contributed by atoms with Gasteiger partial charge in [-0.1, -0.05) is 40.9 Å². The zero-order valence-electron chi connectivity index (χ0n) is 9.84. The third kappa shape index (κ3) is 6.20. The van der Waals surface area contributed by atoms with Gasteiger partial charge in [0, 0.05) is 54.0 Å². The summed E-state index contributed by atoms with van der Waals surface area (Å²) in [5.74, 6) is 0. The Bertz CT molecular complexity index is 437. The largest absolute Gasteiger partial charge is 2.00 e. The molecule has 0 aliphatic rings. The molecule has 0 saturated heterocycles. The quantitative estimate of drug-likeness (QED) is 0.194. The molecule has 0 fully saturated rings.